The monoisotopic (exact) mass is 424 g/mol. The molecule has 0 aliphatic rings. The molecule has 3 aromatic rings. The number of carbonyl (C=O) groups is 1. The second kappa shape index (κ2) is 9.00. The van der Waals surface area contributed by atoms with Gasteiger partial charge in [0.1, 0.15) is 5.75 Å². The molecule has 29 heavy (non-hydrogen) atoms. The minimum Gasteiger partial charge on any atom is -0.497 e. The van der Waals surface area contributed by atoms with Crippen LogP contribution in [0.25, 0.3) is 0 Å². The van der Waals surface area contributed by atoms with Crippen molar-refractivity contribution in [2.75, 3.05) is 12.4 Å². The Kier molecular flexibility index (Phi) is 6.43. The van der Waals surface area contributed by atoms with Crippen LogP contribution in [0.5, 0.6) is 5.75 Å². The van der Waals surface area contributed by atoms with E-state index in [-0.39, 0.29) is 5.91 Å². The van der Waals surface area contributed by atoms with Crippen LogP contribution in [0.2, 0.25) is 10.0 Å². The van der Waals surface area contributed by atoms with Gasteiger partial charge in [0.2, 0.25) is 0 Å². The highest BCUT2D eigenvalue weighted by molar-refractivity contribution is 6.32. The standard InChI is InChI=1S/C23H18Cl2N2O2/c1-14-10-19(20(13-26)15-6-8-17(24)9-7-15)21(25)12-22(14)27-23(28)16-4-3-5-18(11-16)29-2/h3-12,20H,1-2H3,(H,27,28). The molecule has 0 aliphatic heterocycles. The molecule has 0 heterocycles. The zero-order chi connectivity index (χ0) is 21.0. The van der Waals surface area contributed by atoms with E-state index < -0.39 is 5.92 Å². The summed E-state index contributed by atoms with van der Waals surface area (Å²) in [5.74, 6) is -0.213. The number of benzene rings is 3. The topological polar surface area (TPSA) is 62.1 Å². The van der Waals surface area contributed by atoms with Crippen molar-refractivity contribution >= 4 is 34.8 Å². The summed E-state index contributed by atoms with van der Waals surface area (Å²) < 4.78 is 5.16. The molecule has 1 N–H and O–H groups in total. The van der Waals surface area contributed by atoms with E-state index in [0.717, 1.165) is 11.1 Å². The number of methoxy groups -OCH3 is 1. The van der Waals surface area contributed by atoms with Crippen LogP contribution >= 0.6 is 23.2 Å². The quantitative estimate of drug-likeness (QED) is 0.528. The molecule has 0 aliphatic carbocycles. The van der Waals surface area contributed by atoms with Crippen molar-refractivity contribution in [2.45, 2.75) is 12.8 Å². The van der Waals surface area contributed by atoms with Gasteiger partial charge in [-0.05, 0) is 60.0 Å². The van der Waals surface area contributed by atoms with Gasteiger partial charge in [-0.2, -0.15) is 5.26 Å². The molecule has 1 amide bonds. The average Bonchev–Trinajstić information content (AvgIpc) is 2.73. The minimum atomic E-state index is -0.540. The largest absolute Gasteiger partial charge is 0.497 e. The van der Waals surface area contributed by atoms with Gasteiger partial charge >= 0.3 is 0 Å². The highest BCUT2D eigenvalue weighted by atomic mass is 35.5. The van der Waals surface area contributed by atoms with Crippen LogP contribution in [0.1, 0.15) is 33.0 Å². The van der Waals surface area contributed by atoms with Gasteiger partial charge in [-0.3, -0.25) is 4.79 Å². The fourth-order valence-corrected chi connectivity index (χ4v) is 3.40. The van der Waals surface area contributed by atoms with Gasteiger partial charge in [0.05, 0.1) is 19.1 Å². The van der Waals surface area contributed by atoms with E-state index >= 15 is 0 Å². The molecular weight excluding hydrogens is 407 g/mol. The van der Waals surface area contributed by atoms with Crippen molar-refractivity contribution < 1.29 is 9.53 Å². The Bertz CT molecular complexity index is 1090. The van der Waals surface area contributed by atoms with Crippen LogP contribution in [0.4, 0.5) is 5.69 Å². The van der Waals surface area contributed by atoms with Crippen LogP contribution in [0.15, 0.2) is 60.7 Å². The van der Waals surface area contributed by atoms with Gasteiger partial charge in [0, 0.05) is 21.3 Å². The van der Waals surface area contributed by atoms with E-state index in [1.165, 1.54) is 0 Å². The summed E-state index contributed by atoms with van der Waals surface area (Å²) in [6.07, 6.45) is 0. The third kappa shape index (κ3) is 4.71. The molecular formula is C23H18Cl2N2O2. The van der Waals surface area contributed by atoms with E-state index in [1.807, 2.05) is 13.0 Å². The van der Waals surface area contributed by atoms with E-state index in [9.17, 15) is 10.1 Å². The predicted molar refractivity (Wildman–Crippen MR) is 116 cm³/mol. The van der Waals surface area contributed by atoms with E-state index in [4.69, 9.17) is 27.9 Å². The first-order valence-corrected chi connectivity index (χ1v) is 9.59. The number of carbonyl (C=O) groups excluding carboxylic acids is 1. The first kappa shape index (κ1) is 20.7. The molecule has 0 saturated heterocycles. The first-order valence-electron chi connectivity index (χ1n) is 8.83. The molecule has 0 saturated carbocycles. The maximum Gasteiger partial charge on any atom is 0.255 e. The summed E-state index contributed by atoms with van der Waals surface area (Å²) in [6, 6.07) is 19.8. The maximum atomic E-state index is 12.6. The Labute approximate surface area is 179 Å². The van der Waals surface area contributed by atoms with Gasteiger partial charge in [-0.25, -0.2) is 0 Å². The molecule has 146 valence electrons. The molecule has 0 spiro atoms. The van der Waals surface area contributed by atoms with E-state index in [1.54, 1.807) is 61.7 Å². The lowest BCUT2D eigenvalue weighted by molar-refractivity contribution is 0.102. The Morgan fingerprint density at radius 1 is 1.10 bits per heavy atom. The Morgan fingerprint density at radius 2 is 1.83 bits per heavy atom. The number of rotatable bonds is 5. The lowest BCUT2D eigenvalue weighted by Gasteiger charge is -2.16. The average molecular weight is 425 g/mol. The van der Waals surface area contributed by atoms with Gasteiger partial charge in [0.15, 0.2) is 0 Å². The number of hydrogen-bond acceptors (Lipinski definition) is 3. The minimum absolute atomic E-state index is 0.273. The third-order valence-corrected chi connectivity index (χ3v) is 5.15. The smallest absolute Gasteiger partial charge is 0.255 e. The van der Waals surface area contributed by atoms with Gasteiger partial charge in [-0.15, -0.1) is 0 Å². The molecule has 1 unspecified atom stereocenters. The number of halogens is 2. The van der Waals surface area contributed by atoms with E-state index in [0.29, 0.717) is 32.6 Å². The highest BCUT2D eigenvalue weighted by Crippen LogP contribution is 2.34. The van der Waals surface area contributed by atoms with Crippen molar-refractivity contribution in [3.05, 3.63) is 93.0 Å². The van der Waals surface area contributed by atoms with Crippen molar-refractivity contribution in [1.82, 2.24) is 0 Å². The number of aryl methyl sites for hydroxylation is 1. The van der Waals surface area contributed by atoms with Gasteiger partial charge in [-0.1, -0.05) is 47.5 Å². The molecule has 3 rings (SSSR count). The SMILES string of the molecule is COc1cccc(C(=O)Nc2cc(Cl)c(C(C#N)c3ccc(Cl)cc3)cc2C)c1. The van der Waals surface area contributed by atoms with Gasteiger partial charge in [0.25, 0.3) is 5.91 Å². The number of amides is 1. The predicted octanol–water partition coefficient (Wildman–Crippen LogP) is 6.22. The number of nitrogens with zero attached hydrogens (tertiary/aromatic N) is 1. The highest BCUT2D eigenvalue weighted by Gasteiger charge is 2.19. The molecule has 0 bridgehead atoms. The molecule has 0 radical (unpaired) electrons. The summed E-state index contributed by atoms with van der Waals surface area (Å²) in [6.45, 7) is 1.86. The van der Waals surface area contributed by atoms with Crippen molar-refractivity contribution in [3.63, 3.8) is 0 Å². The summed E-state index contributed by atoms with van der Waals surface area (Å²) >= 11 is 12.4. The normalized spacial score (nSPS) is 11.4. The first-order chi connectivity index (χ1) is 13.9. The second-order valence-electron chi connectivity index (χ2n) is 6.49. The lowest BCUT2D eigenvalue weighted by Crippen LogP contribution is -2.13. The van der Waals surface area contributed by atoms with Crippen LogP contribution < -0.4 is 10.1 Å². The fourth-order valence-electron chi connectivity index (χ4n) is 3.00. The molecule has 0 fully saturated rings. The number of nitrogens with one attached hydrogen (secondary N) is 1. The van der Waals surface area contributed by atoms with Crippen molar-refractivity contribution in [3.8, 4) is 11.8 Å². The van der Waals surface area contributed by atoms with Gasteiger partial charge < -0.3 is 10.1 Å². The number of nitriles is 1. The summed E-state index contributed by atoms with van der Waals surface area (Å²) in [4.78, 5) is 12.6. The zero-order valence-electron chi connectivity index (χ0n) is 15.9. The van der Waals surface area contributed by atoms with Crippen LogP contribution in [0, 0.1) is 18.3 Å². The molecule has 4 nitrogen and oxygen atoms in total. The van der Waals surface area contributed by atoms with Crippen LogP contribution in [-0.2, 0) is 0 Å². The third-order valence-electron chi connectivity index (χ3n) is 4.57. The molecule has 3 aromatic carbocycles. The molecule has 6 heteroatoms. The summed E-state index contributed by atoms with van der Waals surface area (Å²) in [5.41, 5.74) is 3.33. The number of ether oxygens (including phenoxy) is 1. The Hall–Kier alpha value is -3.00. The van der Waals surface area contributed by atoms with Crippen molar-refractivity contribution in [2.24, 2.45) is 0 Å². The number of anilines is 1. The van der Waals surface area contributed by atoms with Crippen LogP contribution in [0.3, 0.4) is 0 Å². The van der Waals surface area contributed by atoms with E-state index in [2.05, 4.69) is 11.4 Å². The maximum absolute atomic E-state index is 12.6. The number of hydrogen-bond donors (Lipinski definition) is 1. The summed E-state index contributed by atoms with van der Waals surface area (Å²) in [7, 11) is 1.55. The lowest BCUT2D eigenvalue weighted by atomic mass is 9.91. The fraction of sp³-hybridized carbons (Fsp3) is 0.130. The Balaban J connectivity index is 1.89. The zero-order valence-corrected chi connectivity index (χ0v) is 17.4. The summed E-state index contributed by atoms with van der Waals surface area (Å²) in [5, 5.41) is 13.6. The second-order valence-corrected chi connectivity index (χ2v) is 7.33. The molecule has 0 aromatic heterocycles. The molecule has 1 atom stereocenters. The van der Waals surface area contributed by atoms with Crippen molar-refractivity contribution in [1.29, 1.82) is 5.26 Å². The van der Waals surface area contributed by atoms with Crippen LogP contribution in [-0.4, -0.2) is 13.0 Å². The Morgan fingerprint density at radius 3 is 2.48 bits per heavy atom.